The van der Waals surface area contributed by atoms with Crippen LogP contribution in [0.25, 0.3) is 0 Å². The summed E-state index contributed by atoms with van der Waals surface area (Å²) in [4.78, 5) is 226. The van der Waals surface area contributed by atoms with Crippen LogP contribution < -0.4 is 81.4 Å². The minimum atomic E-state index is -1.94. The maximum Gasteiger partial charge on any atom is 0.326 e. The lowest BCUT2D eigenvalue weighted by molar-refractivity contribution is -0.143. The molecule has 43 nitrogen and oxygen atoms in total. The summed E-state index contributed by atoms with van der Waals surface area (Å²) in [5, 5.41) is 73.9. The third kappa shape index (κ3) is 36.8. The van der Waals surface area contributed by atoms with Crippen molar-refractivity contribution in [3.05, 3.63) is 54.7 Å². The topological polar surface area (TPSA) is 709 Å². The highest BCUT2D eigenvalue weighted by Gasteiger charge is 2.37. The van der Waals surface area contributed by atoms with Crippen molar-refractivity contribution in [1.82, 2.24) is 88.4 Å². The highest BCUT2D eigenvalue weighted by Crippen LogP contribution is 2.12. The molecule has 3 heterocycles. The first-order valence-corrected chi connectivity index (χ1v) is 32.4. The van der Waals surface area contributed by atoms with Crippen LogP contribution >= 0.6 is 0 Å². The summed E-state index contributed by atoms with van der Waals surface area (Å²) in [7, 11) is 0. The Morgan fingerprint density at radius 1 is 0.379 bits per heavy atom. The van der Waals surface area contributed by atoms with Crippen LogP contribution in [0.1, 0.15) is 128 Å². The summed E-state index contributed by atoms with van der Waals surface area (Å²) in [6, 6.07) is -15.1. The second-order valence-electron chi connectivity index (χ2n) is 23.3. The second-order valence-corrected chi connectivity index (χ2v) is 23.3. The molecule has 11 amide bonds. The first-order valence-electron chi connectivity index (χ1n) is 32.4. The van der Waals surface area contributed by atoms with Crippen molar-refractivity contribution in [3.63, 3.8) is 0 Å². The number of guanidine groups is 1. The lowest BCUT2D eigenvalue weighted by Gasteiger charge is -2.27. The Morgan fingerprint density at radius 2 is 0.660 bits per heavy atom. The predicted molar refractivity (Wildman–Crippen MR) is 358 cm³/mol. The van der Waals surface area contributed by atoms with Gasteiger partial charge in [0.1, 0.15) is 60.4 Å². The number of imidazole rings is 3. The van der Waals surface area contributed by atoms with Crippen molar-refractivity contribution in [1.29, 1.82) is 0 Å². The van der Waals surface area contributed by atoms with Crippen LogP contribution in [-0.2, 0) is 96.0 Å². The second kappa shape index (κ2) is 47.4. The zero-order valence-electron chi connectivity index (χ0n) is 57.0. The number of aliphatic imine (C=N–C) groups is 1. The van der Waals surface area contributed by atoms with Gasteiger partial charge in [0.2, 0.25) is 65.0 Å². The normalized spacial score (nSPS) is 13.6. The zero-order chi connectivity index (χ0) is 77.1. The highest BCUT2D eigenvalue weighted by atomic mass is 16.4. The molecule has 570 valence electrons. The van der Waals surface area contributed by atoms with Crippen LogP contribution in [-0.4, -0.2) is 243 Å². The average molecular weight is 1460 g/mol. The van der Waals surface area contributed by atoms with Gasteiger partial charge in [0, 0.05) is 88.8 Å². The van der Waals surface area contributed by atoms with Crippen molar-refractivity contribution >= 4 is 101 Å². The largest absolute Gasteiger partial charge is 0.481 e. The van der Waals surface area contributed by atoms with E-state index in [4.69, 9.17) is 28.0 Å². The first-order chi connectivity index (χ1) is 48.7. The van der Waals surface area contributed by atoms with Gasteiger partial charge in [-0.05, 0) is 83.7 Å². The number of aromatic amines is 3. The number of nitrogens with two attached hydrogens (primary N) is 4. The number of unbranched alkanes of at least 4 members (excludes halogenated alkanes) is 3. The molecule has 0 saturated carbocycles. The standard InChI is InChI=1S/C42H66N16O14.C18H28N6O7/c1-22(59)48-12-6-4-8-27(36(66)57-32(17-34(63)64)40(70)56-29(14-24-18-46-20-50-24)37(67)54-28(41(71)72)9-3-5-11-43)53-39(69)31(16-33(61)62)58-38(68)30(15-25-19-47-21-51-25)55-35(65)26(52-23(2)60)10-7-13-49-42(44)45;1-10(25)22-14(7-15(26)27)17(29)24-13(6-11-8-20-9-21-11)16(28)23-12(18(30)31)4-2-3-5-19/h18-21,26-32H,3-17,43H2,1-2H3,(H,46,50)(H,47,51)(H,48,59)(H,52,60)(H,53,69)(H,54,67)(H,55,65)(H,56,70)(H,57,66)(H,58,68)(H,61,62)(H,63,64)(H,71,72)(H4,44,45,49);8-9,12-14H,2-7,19H2,1H3,(H,20,21)(H,22,25)(H,23,28)(H,24,29)(H,26,27)(H,30,31). The fourth-order valence-corrected chi connectivity index (χ4v) is 9.58. The van der Waals surface area contributed by atoms with E-state index in [0.29, 0.717) is 49.3 Å². The molecule has 43 heteroatoms. The number of carboxylic acid groups (broad SMARTS) is 5. The number of nitrogens with one attached hydrogen (secondary N) is 14. The van der Waals surface area contributed by atoms with Gasteiger partial charge in [-0.15, -0.1) is 0 Å². The van der Waals surface area contributed by atoms with E-state index in [-0.39, 0.29) is 95.7 Å². The Kier molecular flexibility index (Phi) is 40.2. The molecule has 0 spiro atoms. The molecule has 10 atom stereocenters. The van der Waals surface area contributed by atoms with Crippen LogP contribution in [0.3, 0.4) is 0 Å². The van der Waals surface area contributed by atoms with Crippen LogP contribution in [0.4, 0.5) is 0 Å². The minimum Gasteiger partial charge on any atom is -0.481 e. The number of carboxylic acids is 5. The van der Waals surface area contributed by atoms with E-state index in [2.05, 4.69) is 93.4 Å². The molecule has 0 bridgehead atoms. The summed E-state index contributed by atoms with van der Waals surface area (Å²) < 4.78 is 0. The molecule has 0 aliphatic carbocycles. The van der Waals surface area contributed by atoms with Gasteiger partial charge >= 0.3 is 29.8 Å². The summed E-state index contributed by atoms with van der Waals surface area (Å²) in [5.41, 5.74) is 22.7. The molecule has 10 unspecified atom stereocenters. The quantitative estimate of drug-likeness (QED) is 0.0142. The average Bonchev–Trinajstić information content (AvgIpc) is 1.60. The lowest BCUT2D eigenvalue weighted by atomic mass is 10.0. The van der Waals surface area contributed by atoms with Crippen LogP contribution in [0.2, 0.25) is 0 Å². The Hall–Kier alpha value is -11.7. The summed E-state index contributed by atoms with van der Waals surface area (Å²) >= 11 is 0. The summed E-state index contributed by atoms with van der Waals surface area (Å²) in [6.45, 7) is 4.41. The van der Waals surface area contributed by atoms with E-state index in [1.54, 1.807) is 0 Å². The van der Waals surface area contributed by atoms with E-state index in [1.165, 1.54) is 44.5 Å². The Morgan fingerprint density at radius 3 is 0.971 bits per heavy atom. The third-order valence-electron chi connectivity index (χ3n) is 14.6. The molecule has 0 aliphatic heterocycles. The Labute approximate surface area is 588 Å². The van der Waals surface area contributed by atoms with Gasteiger partial charge in [-0.2, -0.15) is 0 Å². The fraction of sp³-hybridized carbons (Fsp3) is 0.567. The molecular formula is C60H94N22O21. The number of rotatable bonds is 49. The molecule has 103 heavy (non-hydrogen) atoms. The Balaban J connectivity index is 0.000000966. The Bertz CT molecular complexity index is 3300. The zero-order valence-corrected chi connectivity index (χ0v) is 57.0. The van der Waals surface area contributed by atoms with Gasteiger partial charge in [0.25, 0.3) is 0 Å². The smallest absolute Gasteiger partial charge is 0.326 e. The maximum atomic E-state index is 14.1. The van der Waals surface area contributed by atoms with Crippen molar-refractivity contribution in [3.8, 4) is 0 Å². The molecule has 27 N–H and O–H groups in total. The number of hydrogen-bond donors (Lipinski definition) is 23. The van der Waals surface area contributed by atoms with Gasteiger partial charge in [-0.25, -0.2) is 24.5 Å². The number of carbonyl (C=O) groups excluding carboxylic acids is 11. The number of carbonyl (C=O) groups is 16. The monoisotopic (exact) mass is 1460 g/mol. The molecule has 3 aromatic rings. The number of nitrogens with zero attached hydrogens (tertiary/aromatic N) is 4. The third-order valence-corrected chi connectivity index (χ3v) is 14.6. The minimum absolute atomic E-state index is 0.0120. The van der Waals surface area contributed by atoms with Crippen LogP contribution in [0, 0.1) is 0 Å². The number of hydrogen-bond acceptors (Lipinski definition) is 22. The fourth-order valence-electron chi connectivity index (χ4n) is 9.58. The van der Waals surface area contributed by atoms with E-state index in [0.717, 1.165) is 13.8 Å². The van der Waals surface area contributed by atoms with Crippen LogP contribution in [0.5, 0.6) is 0 Å². The molecule has 0 aromatic carbocycles. The van der Waals surface area contributed by atoms with Gasteiger partial charge in [-0.1, -0.05) is 0 Å². The summed E-state index contributed by atoms with van der Waals surface area (Å²) in [5.74, 6) is -17.1. The maximum absolute atomic E-state index is 14.1. The van der Waals surface area contributed by atoms with Crippen molar-refractivity contribution in [2.24, 2.45) is 27.9 Å². The van der Waals surface area contributed by atoms with Gasteiger partial charge < -0.3 is 122 Å². The lowest BCUT2D eigenvalue weighted by Crippen LogP contribution is -2.60. The van der Waals surface area contributed by atoms with Gasteiger partial charge in [0.15, 0.2) is 5.96 Å². The SMILES string of the molecule is CC(=O)NC(CC(=O)O)C(=O)NC(Cc1cnc[nH]1)C(=O)NC(CCCCN)C(=O)O.CC(=O)NCCCCC(NC(=O)C(CC(=O)O)NC(=O)C(Cc1cnc[nH]1)NC(=O)C(CCCN=C(N)N)NC(C)=O)C(=O)NC(CC(=O)O)C(=O)NC(Cc1cnc[nH]1)C(=O)NC(CCCCN)C(=O)O. The van der Waals surface area contributed by atoms with E-state index in [1.807, 2.05) is 0 Å². The molecule has 3 aromatic heterocycles. The predicted octanol–water partition coefficient (Wildman–Crippen LogP) is -7.03. The summed E-state index contributed by atoms with van der Waals surface area (Å²) in [6.07, 6.45) is 6.78. The molecule has 0 fully saturated rings. The molecule has 0 saturated heterocycles. The van der Waals surface area contributed by atoms with E-state index in [9.17, 15) is 97.1 Å². The first kappa shape index (κ1) is 87.4. The van der Waals surface area contributed by atoms with Crippen molar-refractivity contribution in [2.45, 2.75) is 190 Å². The van der Waals surface area contributed by atoms with Crippen LogP contribution in [0.15, 0.2) is 42.6 Å². The number of aliphatic carboxylic acids is 5. The van der Waals surface area contributed by atoms with E-state index >= 15 is 0 Å². The van der Waals surface area contributed by atoms with Crippen molar-refractivity contribution in [2.75, 3.05) is 26.2 Å². The number of aromatic nitrogens is 6. The molecule has 0 radical (unpaired) electrons. The van der Waals surface area contributed by atoms with E-state index < -0.39 is 169 Å². The number of H-pyrrole nitrogens is 3. The van der Waals surface area contributed by atoms with Crippen molar-refractivity contribution < 1.29 is 102 Å². The molecule has 3 rings (SSSR count). The molecular weight excluding hydrogens is 1360 g/mol. The highest BCUT2D eigenvalue weighted by molar-refractivity contribution is 5.99. The molecule has 0 aliphatic rings. The number of amides is 11. The van der Waals surface area contributed by atoms with Gasteiger partial charge in [-0.3, -0.25) is 72.1 Å². The van der Waals surface area contributed by atoms with Gasteiger partial charge in [0.05, 0.1) is 38.2 Å².